The van der Waals surface area contributed by atoms with E-state index in [1.54, 1.807) is 31.4 Å². The smallest absolute Gasteiger partial charge is 0.221 e. The van der Waals surface area contributed by atoms with Gasteiger partial charge in [0.25, 0.3) is 0 Å². The van der Waals surface area contributed by atoms with Crippen molar-refractivity contribution in [3.8, 4) is 5.75 Å². The summed E-state index contributed by atoms with van der Waals surface area (Å²) in [7, 11) is 1.71. The zero-order valence-corrected chi connectivity index (χ0v) is 19.9. The van der Waals surface area contributed by atoms with Crippen LogP contribution in [0, 0.1) is 5.82 Å². The van der Waals surface area contributed by atoms with Gasteiger partial charge in [0.15, 0.2) is 17.6 Å². The molecule has 8 nitrogen and oxygen atoms in total. The molecule has 0 bridgehead atoms. The molecule has 2 aromatic rings. The van der Waals surface area contributed by atoms with Gasteiger partial charge in [-0.15, -0.1) is 24.0 Å². The minimum atomic E-state index is -0.305. The standard InChI is InChI=1S/C21H27FN6O2.HI/c1-15(29)26-16-5-3-6-18(13-16)30-12-10-25-21(23-2)27-17-8-11-28(14-17)20-19(22)7-4-9-24-20;/h3-7,9,13,17H,8,10-12,14H2,1-2H3,(H,26,29)(H2,23,25,27);1H. The highest BCUT2D eigenvalue weighted by Gasteiger charge is 2.25. The molecular weight excluding hydrogens is 514 g/mol. The van der Waals surface area contributed by atoms with Gasteiger partial charge >= 0.3 is 0 Å². The predicted octanol–water partition coefficient (Wildman–Crippen LogP) is 2.62. The van der Waals surface area contributed by atoms with Gasteiger partial charge in [0.2, 0.25) is 5.91 Å². The number of rotatable bonds is 7. The first kappa shape index (κ1) is 24.6. The van der Waals surface area contributed by atoms with Crippen LogP contribution in [0.3, 0.4) is 0 Å². The van der Waals surface area contributed by atoms with Gasteiger partial charge in [-0.2, -0.15) is 0 Å². The lowest BCUT2D eigenvalue weighted by Crippen LogP contribution is -2.45. The summed E-state index contributed by atoms with van der Waals surface area (Å²) in [5.74, 6) is 1.30. The fraction of sp³-hybridized carbons (Fsp3) is 0.381. The van der Waals surface area contributed by atoms with E-state index in [1.165, 1.54) is 13.0 Å². The Hall–Kier alpha value is -2.63. The van der Waals surface area contributed by atoms with Gasteiger partial charge in [0.1, 0.15) is 12.4 Å². The molecule has 0 radical (unpaired) electrons. The highest BCUT2D eigenvalue weighted by Crippen LogP contribution is 2.20. The zero-order valence-electron chi connectivity index (χ0n) is 17.6. The minimum Gasteiger partial charge on any atom is -0.492 e. The summed E-state index contributed by atoms with van der Waals surface area (Å²) in [6.45, 7) is 3.83. The van der Waals surface area contributed by atoms with Crippen molar-refractivity contribution in [1.29, 1.82) is 0 Å². The summed E-state index contributed by atoms with van der Waals surface area (Å²) in [5, 5.41) is 9.30. The summed E-state index contributed by atoms with van der Waals surface area (Å²) in [5.41, 5.74) is 0.695. The number of nitrogens with one attached hydrogen (secondary N) is 3. The monoisotopic (exact) mass is 542 g/mol. The SMILES string of the molecule is CN=C(NCCOc1cccc(NC(C)=O)c1)NC1CCN(c2ncccc2F)C1.I. The van der Waals surface area contributed by atoms with Crippen LogP contribution in [0.4, 0.5) is 15.9 Å². The van der Waals surface area contributed by atoms with Crippen molar-refractivity contribution >= 4 is 47.3 Å². The van der Waals surface area contributed by atoms with Gasteiger partial charge in [0, 0.05) is 51.1 Å². The van der Waals surface area contributed by atoms with Crippen LogP contribution in [0.15, 0.2) is 47.6 Å². The van der Waals surface area contributed by atoms with Crippen LogP contribution in [-0.2, 0) is 4.79 Å². The molecule has 3 N–H and O–H groups in total. The van der Waals surface area contributed by atoms with Crippen LogP contribution in [0.1, 0.15) is 13.3 Å². The molecule has 2 heterocycles. The van der Waals surface area contributed by atoms with Crippen molar-refractivity contribution in [3.05, 3.63) is 48.4 Å². The Morgan fingerprint density at radius 2 is 2.19 bits per heavy atom. The number of guanidine groups is 1. The Kier molecular flexibility index (Phi) is 9.76. The van der Waals surface area contributed by atoms with E-state index in [2.05, 4.69) is 25.9 Å². The third-order valence-electron chi connectivity index (χ3n) is 4.61. The molecule has 0 aliphatic carbocycles. The number of carbonyl (C=O) groups excluding carboxylic acids is 1. The average molecular weight is 542 g/mol. The number of hydrogen-bond acceptors (Lipinski definition) is 5. The first-order valence-electron chi connectivity index (χ1n) is 9.88. The van der Waals surface area contributed by atoms with Crippen molar-refractivity contribution in [2.75, 3.05) is 43.5 Å². The fourth-order valence-corrected chi connectivity index (χ4v) is 3.27. The molecule has 1 unspecified atom stereocenters. The van der Waals surface area contributed by atoms with Gasteiger partial charge in [-0.1, -0.05) is 6.07 Å². The van der Waals surface area contributed by atoms with Gasteiger partial charge in [-0.25, -0.2) is 9.37 Å². The number of ether oxygens (including phenoxy) is 1. The van der Waals surface area contributed by atoms with Crippen molar-refractivity contribution in [1.82, 2.24) is 15.6 Å². The highest BCUT2D eigenvalue weighted by atomic mass is 127. The molecule has 1 amide bonds. The van der Waals surface area contributed by atoms with Gasteiger partial charge in [0.05, 0.1) is 6.54 Å². The van der Waals surface area contributed by atoms with E-state index in [0.717, 1.165) is 13.0 Å². The molecule has 31 heavy (non-hydrogen) atoms. The Morgan fingerprint density at radius 1 is 1.35 bits per heavy atom. The third kappa shape index (κ3) is 7.53. The second-order valence-electron chi connectivity index (χ2n) is 6.94. The van der Waals surface area contributed by atoms with Crippen LogP contribution >= 0.6 is 24.0 Å². The first-order chi connectivity index (χ1) is 14.5. The lowest BCUT2D eigenvalue weighted by Gasteiger charge is -2.20. The van der Waals surface area contributed by atoms with E-state index in [9.17, 15) is 9.18 Å². The van der Waals surface area contributed by atoms with Crippen LogP contribution < -0.4 is 25.6 Å². The number of amides is 1. The maximum atomic E-state index is 13.9. The molecular formula is C21H28FIN6O2. The quantitative estimate of drug-likeness (QED) is 0.216. The molecule has 1 atom stereocenters. The largest absolute Gasteiger partial charge is 0.492 e. The van der Waals surface area contributed by atoms with E-state index in [0.29, 0.717) is 42.9 Å². The van der Waals surface area contributed by atoms with Crippen molar-refractivity contribution in [2.45, 2.75) is 19.4 Å². The number of hydrogen-bond donors (Lipinski definition) is 3. The van der Waals surface area contributed by atoms with Gasteiger partial charge in [-0.3, -0.25) is 9.79 Å². The van der Waals surface area contributed by atoms with Crippen LogP contribution in [0.5, 0.6) is 5.75 Å². The molecule has 168 valence electrons. The zero-order chi connectivity index (χ0) is 21.3. The normalized spacial score (nSPS) is 15.8. The summed E-state index contributed by atoms with van der Waals surface area (Å²) < 4.78 is 19.7. The summed E-state index contributed by atoms with van der Waals surface area (Å²) in [4.78, 5) is 21.5. The van der Waals surface area contributed by atoms with E-state index in [4.69, 9.17) is 4.74 Å². The van der Waals surface area contributed by atoms with Crippen LogP contribution in [0.25, 0.3) is 0 Å². The lowest BCUT2D eigenvalue weighted by molar-refractivity contribution is -0.114. The Morgan fingerprint density at radius 3 is 2.94 bits per heavy atom. The second-order valence-corrected chi connectivity index (χ2v) is 6.94. The predicted molar refractivity (Wildman–Crippen MR) is 131 cm³/mol. The molecule has 10 heteroatoms. The number of aromatic nitrogens is 1. The molecule has 1 aliphatic rings. The van der Waals surface area contributed by atoms with Gasteiger partial charge in [-0.05, 0) is 30.7 Å². The maximum absolute atomic E-state index is 13.9. The molecule has 1 fully saturated rings. The Labute approximate surface area is 198 Å². The molecule has 1 aromatic heterocycles. The number of nitrogens with zero attached hydrogens (tertiary/aromatic N) is 3. The summed E-state index contributed by atoms with van der Waals surface area (Å²) in [6, 6.07) is 10.4. The second kappa shape index (κ2) is 12.3. The number of pyridine rings is 1. The topological polar surface area (TPSA) is 90.9 Å². The number of aliphatic imine (C=N–C) groups is 1. The number of carbonyl (C=O) groups is 1. The van der Waals surface area contributed by atoms with Crippen molar-refractivity contribution < 1.29 is 13.9 Å². The van der Waals surface area contributed by atoms with Gasteiger partial charge < -0.3 is 25.6 Å². The number of halogens is 2. The molecule has 1 saturated heterocycles. The molecule has 0 saturated carbocycles. The maximum Gasteiger partial charge on any atom is 0.221 e. The first-order valence-corrected chi connectivity index (χ1v) is 9.88. The third-order valence-corrected chi connectivity index (χ3v) is 4.61. The van der Waals surface area contributed by atoms with E-state index >= 15 is 0 Å². The van der Waals surface area contributed by atoms with E-state index in [1.807, 2.05) is 17.0 Å². The highest BCUT2D eigenvalue weighted by molar-refractivity contribution is 14.0. The fourth-order valence-electron chi connectivity index (χ4n) is 3.27. The summed E-state index contributed by atoms with van der Waals surface area (Å²) in [6.07, 6.45) is 2.47. The minimum absolute atomic E-state index is 0. The van der Waals surface area contributed by atoms with E-state index < -0.39 is 0 Å². The number of benzene rings is 1. The van der Waals surface area contributed by atoms with Crippen LogP contribution in [0.2, 0.25) is 0 Å². The number of anilines is 2. The molecule has 3 rings (SSSR count). The molecule has 1 aliphatic heterocycles. The molecule has 0 spiro atoms. The Bertz CT molecular complexity index is 898. The summed E-state index contributed by atoms with van der Waals surface area (Å²) >= 11 is 0. The average Bonchev–Trinajstić information content (AvgIpc) is 3.18. The molecule has 1 aromatic carbocycles. The lowest BCUT2D eigenvalue weighted by atomic mass is 10.3. The van der Waals surface area contributed by atoms with E-state index in [-0.39, 0.29) is 41.7 Å². The van der Waals surface area contributed by atoms with Crippen LogP contribution in [-0.4, -0.2) is 56.2 Å². The van der Waals surface area contributed by atoms with Crippen molar-refractivity contribution in [2.24, 2.45) is 4.99 Å². The van der Waals surface area contributed by atoms with Crippen molar-refractivity contribution in [3.63, 3.8) is 0 Å². The Balaban J connectivity index is 0.00000341.